The molecular formula is C18H20O2. The zero-order valence-corrected chi connectivity index (χ0v) is 11.8. The Balaban J connectivity index is 1.84. The van der Waals surface area contributed by atoms with Crippen LogP contribution in [0.15, 0.2) is 67.3 Å². The molecule has 0 unspecified atom stereocenters. The molecular weight excluding hydrogens is 248 g/mol. The second-order valence-corrected chi connectivity index (χ2v) is 4.66. The van der Waals surface area contributed by atoms with Gasteiger partial charge in [0, 0.05) is 0 Å². The van der Waals surface area contributed by atoms with Gasteiger partial charge in [0.25, 0.3) is 0 Å². The molecule has 0 amide bonds. The van der Waals surface area contributed by atoms with Crippen LogP contribution in [0.25, 0.3) is 0 Å². The van der Waals surface area contributed by atoms with Crippen molar-refractivity contribution in [2.24, 2.45) is 0 Å². The lowest BCUT2D eigenvalue weighted by molar-refractivity contribution is 0.0607. The number of para-hydroxylation sites is 1. The van der Waals surface area contributed by atoms with E-state index in [-0.39, 0.29) is 6.10 Å². The molecule has 104 valence electrons. The minimum absolute atomic E-state index is 0.139. The highest BCUT2D eigenvalue weighted by molar-refractivity contribution is 5.32. The van der Waals surface area contributed by atoms with Crippen molar-refractivity contribution in [3.05, 3.63) is 78.4 Å². The van der Waals surface area contributed by atoms with E-state index >= 15 is 0 Å². The van der Waals surface area contributed by atoms with Gasteiger partial charge in [-0.3, -0.25) is 0 Å². The van der Waals surface area contributed by atoms with Crippen molar-refractivity contribution >= 4 is 0 Å². The molecule has 0 fully saturated rings. The molecule has 0 spiro atoms. The fraction of sp³-hybridized carbons (Fsp3) is 0.222. The Morgan fingerprint density at radius 2 is 1.75 bits per heavy atom. The average Bonchev–Trinajstić information content (AvgIpc) is 2.49. The van der Waals surface area contributed by atoms with Crippen LogP contribution in [-0.2, 0) is 11.3 Å². The first kappa shape index (κ1) is 14.4. The molecule has 0 saturated heterocycles. The maximum atomic E-state index is 5.89. The highest BCUT2D eigenvalue weighted by Gasteiger charge is 2.08. The first-order valence-corrected chi connectivity index (χ1v) is 6.76. The van der Waals surface area contributed by atoms with Crippen LogP contribution < -0.4 is 4.74 Å². The first-order valence-electron chi connectivity index (χ1n) is 6.76. The molecule has 0 aliphatic carbocycles. The van der Waals surface area contributed by atoms with Crippen LogP contribution in [0.1, 0.15) is 11.1 Å². The fourth-order valence-electron chi connectivity index (χ4n) is 1.87. The summed E-state index contributed by atoms with van der Waals surface area (Å²) in [7, 11) is 0. The third-order valence-corrected chi connectivity index (χ3v) is 3.03. The van der Waals surface area contributed by atoms with Gasteiger partial charge in [0.15, 0.2) is 0 Å². The Morgan fingerprint density at radius 1 is 1.05 bits per heavy atom. The molecule has 0 N–H and O–H groups in total. The predicted molar refractivity (Wildman–Crippen MR) is 81.9 cm³/mol. The van der Waals surface area contributed by atoms with Crippen molar-refractivity contribution in [1.29, 1.82) is 0 Å². The molecule has 2 rings (SSSR count). The summed E-state index contributed by atoms with van der Waals surface area (Å²) in [4.78, 5) is 0. The number of hydrogen-bond donors (Lipinski definition) is 0. The SMILES string of the molecule is C=C[C@@H](COCc1ccccc1)Oc1ccccc1C. The zero-order valence-electron chi connectivity index (χ0n) is 11.8. The number of benzene rings is 2. The Bertz CT molecular complexity index is 534. The van der Waals surface area contributed by atoms with E-state index < -0.39 is 0 Å². The standard InChI is InChI=1S/C18H20O2/c1-3-17(20-18-12-8-7-9-15(18)2)14-19-13-16-10-5-4-6-11-16/h3-12,17H,1,13-14H2,2H3/t17-/m0/s1. The summed E-state index contributed by atoms with van der Waals surface area (Å²) in [5.74, 6) is 0.876. The largest absolute Gasteiger partial charge is 0.484 e. The van der Waals surface area contributed by atoms with Gasteiger partial charge in [-0.1, -0.05) is 55.1 Å². The van der Waals surface area contributed by atoms with Crippen LogP contribution in [0.5, 0.6) is 5.75 Å². The first-order chi connectivity index (χ1) is 9.79. The van der Waals surface area contributed by atoms with E-state index in [4.69, 9.17) is 9.47 Å². The lowest BCUT2D eigenvalue weighted by Gasteiger charge is -2.17. The van der Waals surface area contributed by atoms with Gasteiger partial charge in [0.05, 0.1) is 13.2 Å². The lowest BCUT2D eigenvalue weighted by Crippen LogP contribution is -2.20. The monoisotopic (exact) mass is 268 g/mol. The van der Waals surface area contributed by atoms with Crippen molar-refractivity contribution in [2.75, 3.05) is 6.61 Å². The van der Waals surface area contributed by atoms with Gasteiger partial charge in [-0.05, 0) is 30.2 Å². The molecule has 2 aromatic carbocycles. The molecule has 0 saturated carbocycles. The highest BCUT2D eigenvalue weighted by Crippen LogP contribution is 2.18. The third kappa shape index (κ3) is 4.25. The van der Waals surface area contributed by atoms with Crippen LogP contribution in [0.3, 0.4) is 0 Å². The van der Waals surface area contributed by atoms with E-state index in [0.717, 1.165) is 16.9 Å². The van der Waals surface area contributed by atoms with Crippen molar-refractivity contribution in [3.63, 3.8) is 0 Å². The van der Waals surface area contributed by atoms with E-state index in [9.17, 15) is 0 Å². The molecule has 0 aromatic heterocycles. The van der Waals surface area contributed by atoms with Crippen molar-refractivity contribution in [3.8, 4) is 5.75 Å². The van der Waals surface area contributed by atoms with Crippen LogP contribution in [0, 0.1) is 6.92 Å². The summed E-state index contributed by atoms with van der Waals surface area (Å²) in [5.41, 5.74) is 2.27. The van der Waals surface area contributed by atoms with Crippen LogP contribution in [0.4, 0.5) is 0 Å². The summed E-state index contributed by atoms with van der Waals surface area (Å²) in [5, 5.41) is 0. The van der Waals surface area contributed by atoms with Crippen molar-refractivity contribution in [1.82, 2.24) is 0 Å². The van der Waals surface area contributed by atoms with E-state index in [1.807, 2.05) is 61.5 Å². The number of aryl methyl sites for hydroxylation is 1. The second kappa shape index (κ2) is 7.51. The molecule has 0 aliphatic rings. The Morgan fingerprint density at radius 3 is 2.45 bits per heavy atom. The Hall–Kier alpha value is -2.06. The van der Waals surface area contributed by atoms with Gasteiger partial charge in [0.1, 0.15) is 11.9 Å². The Kier molecular flexibility index (Phi) is 5.39. The second-order valence-electron chi connectivity index (χ2n) is 4.66. The normalized spacial score (nSPS) is 11.8. The summed E-state index contributed by atoms with van der Waals surface area (Å²) >= 11 is 0. The molecule has 2 nitrogen and oxygen atoms in total. The summed E-state index contributed by atoms with van der Waals surface area (Å²) in [6.45, 7) is 6.91. The van der Waals surface area contributed by atoms with E-state index in [0.29, 0.717) is 13.2 Å². The van der Waals surface area contributed by atoms with Crippen LogP contribution in [-0.4, -0.2) is 12.7 Å². The molecule has 0 bridgehead atoms. The topological polar surface area (TPSA) is 18.5 Å². The summed E-state index contributed by atoms with van der Waals surface area (Å²) < 4.78 is 11.6. The third-order valence-electron chi connectivity index (χ3n) is 3.03. The maximum Gasteiger partial charge on any atom is 0.140 e. The average molecular weight is 268 g/mol. The molecule has 2 heteroatoms. The molecule has 1 atom stereocenters. The number of ether oxygens (including phenoxy) is 2. The molecule has 0 radical (unpaired) electrons. The van der Waals surface area contributed by atoms with Gasteiger partial charge >= 0.3 is 0 Å². The van der Waals surface area contributed by atoms with Gasteiger partial charge in [-0.15, -0.1) is 0 Å². The fourth-order valence-corrected chi connectivity index (χ4v) is 1.87. The van der Waals surface area contributed by atoms with Crippen LogP contribution >= 0.6 is 0 Å². The van der Waals surface area contributed by atoms with Gasteiger partial charge in [0.2, 0.25) is 0 Å². The van der Waals surface area contributed by atoms with Gasteiger partial charge in [-0.25, -0.2) is 0 Å². The molecule has 0 aliphatic heterocycles. The van der Waals surface area contributed by atoms with Gasteiger partial charge < -0.3 is 9.47 Å². The van der Waals surface area contributed by atoms with Crippen LogP contribution in [0.2, 0.25) is 0 Å². The highest BCUT2D eigenvalue weighted by atomic mass is 16.5. The summed E-state index contributed by atoms with van der Waals surface area (Å²) in [6, 6.07) is 18.1. The van der Waals surface area contributed by atoms with E-state index in [1.165, 1.54) is 0 Å². The predicted octanol–water partition coefficient (Wildman–Crippen LogP) is 4.15. The number of rotatable bonds is 7. The lowest BCUT2D eigenvalue weighted by atomic mass is 10.2. The summed E-state index contributed by atoms with van der Waals surface area (Å²) in [6.07, 6.45) is 1.64. The van der Waals surface area contributed by atoms with E-state index in [1.54, 1.807) is 6.08 Å². The van der Waals surface area contributed by atoms with Gasteiger partial charge in [-0.2, -0.15) is 0 Å². The minimum Gasteiger partial charge on any atom is -0.484 e. The van der Waals surface area contributed by atoms with Crippen molar-refractivity contribution in [2.45, 2.75) is 19.6 Å². The molecule has 20 heavy (non-hydrogen) atoms. The smallest absolute Gasteiger partial charge is 0.140 e. The van der Waals surface area contributed by atoms with E-state index in [2.05, 4.69) is 6.58 Å². The maximum absolute atomic E-state index is 5.89. The molecule has 2 aromatic rings. The Labute approximate surface area is 120 Å². The van der Waals surface area contributed by atoms with Crippen molar-refractivity contribution < 1.29 is 9.47 Å². The number of hydrogen-bond acceptors (Lipinski definition) is 2. The zero-order chi connectivity index (χ0) is 14.2. The minimum atomic E-state index is -0.139. The quantitative estimate of drug-likeness (QED) is 0.702. The molecule has 0 heterocycles.